The van der Waals surface area contributed by atoms with Gasteiger partial charge >= 0.3 is 0 Å². The van der Waals surface area contributed by atoms with E-state index in [0.717, 1.165) is 17.3 Å². The lowest BCUT2D eigenvalue weighted by molar-refractivity contribution is -0.0305. The standard InChI is InChI=1S/C12H13BrN2O2/c13-8-1-4-11(14-5-8)12(16)15-6-9-2-3-10(7-15)17-9/h1,4-5,9-10H,2-3,6-7H2. The van der Waals surface area contributed by atoms with Gasteiger partial charge < -0.3 is 9.64 Å². The Hall–Kier alpha value is -0.940. The summed E-state index contributed by atoms with van der Waals surface area (Å²) in [5.41, 5.74) is 0.509. The SMILES string of the molecule is O=C(c1ccc(Br)cn1)N1CC2CCC(C1)O2. The van der Waals surface area contributed by atoms with Gasteiger partial charge in [0.25, 0.3) is 5.91 Å². The number of hydrogen-bond donors (Lipinski definition) is 0. The van der Waals surface area contributed by atoms with E-state index in [1.54, 1.807) is 12.3 Å². The highest BCUT2D eigenvalue weighted by Gasteiger charge is 2.36. The number of halogens is 1. The van der Waals surface area contributed by atoms with E-state index < -0.39 is 0 Å². The van der Waals surface area contributed by atoms with Gasteiger partial charge in [0.1, 0.15) is 5.69 Å². The number of hydrogen-bond acceptors (Lipinski definition) is 3. The second-order valence-corrected chi connectivity index (χ2v) is 5.44. The molecule has 4 nitrogen and oxygen atoms in total. The van der Waals surface area contributed by atoms with E-state index in [-0.39, 0.29) is 18.1 Å². The van der Waals surface area contributed by atoms with Crippen LogP contribution in [0.2, 0.25) is 0 Å². The number of nitrogens with zero attached hydrogens (tertiary/aromatic N) is 2. The van der Waals surface area contributed by atoms with Crippen LogP contribution in [0.4, 0.5) is 0 Å². The Morgan fingerprint density at radius 1 is 1.35 bits per heavy atom. The van der Waals surface area contributed by atoms with Gasteiger partial charge in [0.05, 0.1) is 12.2 Å². The van der Waals surface area contributed by atoms with Crippen molar-refractivity contribution in [3.8, 4) is 0 Å². The van der Waals surface area contributed by atoms with Crippen molar-refractivity contribution < 1.29 is 9.53 Å². The maximum atomic E-state index is 12.2. The van der Waals surface area contributed by atoms with Gasteiger partial charge in [-0.3, -0.25) is 4.79 Å². The monoisotopic (exact) mass is 296 g/mol. The fraction of sp³-hybridized carbons (Fsp3) is 0.500. The molecule has 1 aromatic heterocycles. The summed E-state index contributed by atoms with van der Waals surface area (Å²) in [7, 11) is 0. The lowest BCUT2D eigenvalue weighted by Gasteiger charge is -2.31. The molecule has 2 aliphatic heterocycles. The predicted molar refractivity (Wildman–Crippen MR) is 65.7 cm³/mol. The first kappa shape index (κ1) is 11.2. The van der Waals surface area contributed by atoms with Gasteiger partial charge in [-0.2, -0.15) is 0 Å². The molecule has 0 aliphatic carbocycles. The second-order valence-electron chi connectivity index (χ2n) is 4.53. The number of likely N-dealkylation sites (tertiary alicyclic amines) is 1. The summed E-state index contributed by atoms with van der Waals surface area (Å²) in [4.78, 5) is 18.2. The number of aromatic nitrogens is 1. The van der Waals surface area contributed by atoms with Gasteiger partial charge in [0.15, 0.2) is 0 Å². The van der Waals surface area contributed by atoms with Crippen LogP contribution in [0.3, 0.4) is 0 Å². The molecule has 2 unspecified atom stereocenters. The maximum absolute atomic E-state index is 12.2. The first-order chi connectivity index (χ1) is 8.22. The minimum atomic E-state index is 0.0118. The van der Waals surface area contributed by atoms with E-state index in [9.17, 15) is 4.79 Å². The minimum Gasteiger partial charge on any atom is -0.371 e. The quantitative estimate of drug-likeness (QED) is 0.794. The highest BCUT2D eigenvalue weighted by Crippen LogP contribution is 2.26. The average Bonchev–Trinajstić information content (AvgIpc) is 2.68. The minimum absolute atomic E-state index is 0.0118. The number of fused-ring (bicyclic) bond motifs is 2. The molecule has 90 valence electrons. The predicted octanol–water partition coefficient (Wildman–Crippen LogP) is 1.85. The summed E-state index contributed by atoms with van der Waals surface area (Å²) in [5, 5.41) is 0. The van der Waals surface area contributed by atoms with E-state index in [2.05, 4.69) is 20.9 Å². The lowest BCUT2D eigenvalue weighted by Crippen LogP contribution is -2.46. The van der Waals surface area contributed by atoms with Gasteiger partial charge in [-0.15, -0.1) is 0 Å². The van der Waals surface area contributed by atoms with Crippen molar-refractivity contribution in [3.05, 3.63) is 28.5 Å². The summed E-state index contributed by atoms with van der Waals surface area (Å²) in [6, 6.07) is 3.60. The Kier molecular flexibility index (Phi) is 2.88. The molecule has 5 heteroatoms. The third-order valence-corrected chi connectivity index (χ3v) is 3.75. The molecular formula is C12H13BrN2O2. The molecule has 2 fully saturated rings. The molecule has 2 aliphatic rings. The van der Waals surface area contributed by atoms with Crippen molar-refractivity contribution in [1.82, 2.24) is 9.88 Å². The van der Waals surface area contributed by atoms with E-state index in [0.29, 0.717) is 18.8 Å². The molecular weight excluding hydrogens is 284 g/mol. The molecule has 1 aromatic rings. The van der Waals surface area contributed by atoms with E-state index >= 15 is 0 Å². The number of rotatable bonds is 1. The molecule has 0 aromatic carbocycles. The number of carbonyl (C=O) groups excluding carboxylic acids is 1. The molecule has 2 atom stereocenters. The van der Waals surface area contributed by atoms with Crippen molar-refractivity contribution in [3.63, 3.8) is 0 Å². The average molecular weight is 297 g/mol. The molecule has 1 amide bonds. The smallest absolute Gasteiger partial charge is 0.272 e. The van der Waals surface area contributed by atoms with Crippen molar-refractivity contribution in [2.24, 2.45) is 0 Å². The molecule has 2 saturated heterocycles. The van der Waals surface area contributed by atoms with E-state index in [1.807, 2.05) is 11.0 Å². The molecule has 3 rings (SSSR count). The van der Waals surface area contributed by atoms with Crippen LogP contribution in [-0.2, 0) is 4.74 Å². The van der Waals surface area contributed by atoms with Crippen LogP contribution in [0, 0.1) is 0 Å². The molecule has 0 N–H and O–H groups in total. The van der Waals surface area contributed by atoms with E-state index in [4.69, 9.17) is 4.74 Å². The van der Waals surface area contributed by atoms with Crippen molar-refractivity contribution in [2.45, 2.75) is 25.0 Å². The van der Waals surface area contributed by atoms with Gasteiger partial charge in [0.2, 0.25) is 0 Å². The van der Waals surface area contributed by atoms with Crippen LogP contribution in [0.5, 0.6) is 0 Å². The lowest BCUT2D eigenvalue weighted by atomic mass is 10.2. The molecule has 0 spiro atoms. The molecule has 3 heterocycles. The Labute approximate surface area is 108 Å². The molecule has 0 saturated carbocycles. The normalized spacial score (nSPS) is 27.2. The van der Waals surface area contributed by atoms with Crippen LogP contribution in [0.25, 0.3) is 0 Å². The fourth-order valence-electron chi connectivity index (χ4n) is 2.44. The summed E-state index contributed by atoms with van der Waals surface area (Å²) in [6.07, 6.45) is 4.26. The first-order valence-electron chi connectivity index (χ1n) is 5.78. The Morgan fingerprint density at radius 2 is 2.06 bits per heavy atom. The van der Waals surface area contributed by atoms with Crippen LogP contribution in [-0.4, -0.2) is 41.1 Å². The molecule has 2 bridgehead atoms. The zero-order valence-electron chi connectivity index (χ0n) is 9.30. The summed E-state index contributed by atoms with van der Waals surface area (Å²) < 4.78 is 6.60. The van der Waals surface area contributed by atoms with Gasteiger partial charge in [0, 0.05) is 23.8 Å². The third-order valence-electron chi connectivity index (χ3n) is 3.28. The Bertz CT molecular complexity index is 423. The van der Waals surface area contributed by atoms with Gasteiger partial charge in [-0.1, -0.05) is 0 Å². The maximum Gasteiger partial charge on any atom is 0.272 e. The Morgan fingerprint density at radius 3 is 2.65 bits per heavy atom. The zero-order chi connectivity index (χ0) is 11.8. The van der Waals surface area contributed by atoms with Crippen LogP contribution < -0.4 is 0 Å². The molecule has 0 radical (unpaired) electrons. The topological polar surface area (TPSA) is 42.4 Å². The van der Waals surface area contributed by atoms with Crippen molar-refractivity contribution in [2.75, 3.05) is 13.1 Å². The summed E-state index contributed by atoms with van der Waals surface area (Å²) in [5.74, 6) is 0.0118. The van der Waals surface area contributed by atoms with E-state index in [1.165, 1.54) is 0 Å². The number of morpholine rings is 1. The highest BCUT2D eigenvalue weighted by molar-refractivity contribution is 9.10. The number of carbonyl (C=O) groups is 1. The second kappa shape index (κ2) is 4.38. The fourth-order valence-corrected chi connectivity index (χ4v) is 2.68. The number of amides is 1. The van der Waals surface area contributed by atoms with Crippen LogP contribution in [0.15, 0.2) is 22.8 Å². The number of pyridine rings is 1. The third kappa shape index (κ3) is 2.21. The first-order valence-corrected chi connectivity index (χ1v) is 6.58. The van der Waals surface area contributed by atoms with Crippen LogP contribution in [0.1, 0.15) is 23.3 Å². The largest absolute Gasteiger partial charge is 0.371 e. The zero-order valence-corrected chi connectivity index (χ0v) is 10.9. The summed E-state index contributed by atoms with van der Waals surface area (Å²) >= 11 is 3.31. The Balaban J connectivity index is 1.76. The molecule has 17 heavy (non-hydrogen) atoms. The highest BCUT2D eigenvalue weighted by atomic mass is 79.9. The van der Waals surface area contributed by atoms with Gasteiger partial charge in [-0.25, -0.2) is 4.98 Å². The van der Waals surface area contributed by atoms with Crippen LogP contribution >= 0.6 is 15.9 Å². The van der Waals surface area contributed by atoms with Gasteiger partial charge in [-0.05, 0) is 40.9 Å². The summed E-state index contributed by atoms with van der Waals surface area (Å²) in [6.45, 7) is 1.40. The van der Waals surface area contributed by atoms with Crippen molar-refractivity contribution in [1.29, 1.82) is 0 Å². The number of ether oxygens (including phenoxy) is 1. The van der Waals surface area contributed by atoms with Crippen molar-refractivity contribution >= 4 is 21.8 Å².